The van der Waals surface area contributed by atoms with E-state index in [0.29, 0.717) is 54.7 Å². The van der Waals surface area contributed by atoms with Crippen LogP contribution in [0.1, 0.15) is 142 Å². The normalized spacial score (nSPS) is 18.6. The number of hydrogen-bond donors (Lipinski definition) is 7. The Balaban J connectivity index is 0.000000348. The number of aliphatic carboxylic acids is 1. The summed E-state index contributed by atoms with van der Waals surface area (Å²) in [5.41, 5.74) is 4.02. The molecule has 7 N–H and O–H groups in total. The maximum atomic E-state index is 14.4. The molecule has 6 amide bonds. The molecule has 2 atom stereocenters. The van der Waals surface area contributed by atoms with E-state index in [0.717, 1.165) is 99.0 Å². The molecule has 2 aromatic heterocycles. The number of amides is 6. The fraction of sp³-hybridized carbons (Fsp3) is 0.390. The molecule has 2 aliphatic carbocycles. The second-order valence-corrected chi connectivity index (χ2v) is 34.5. The Hall–Kier alpha value is -7.88. The number of carboxylic acids is 1. The minimum absolute atomic E-state index is 0. The third kappa shape index (κ3) is 25.3. The van der Waals surface area contributed by atoms with Gasteiger partial charge in [0.2, 0.25) is 34.7 Å². The maximum absolute atomic E-state index is 14.4. The molecule has 6 aromatic rings. The Bertz CT molecular complexity index is 5040. The van der Waals surface area contributed by atoms with Crippen molar-refractivity contribution >= 4 is 158 Å². The smallest absolute Gasteiger partial charge is 0.333 e. The predicted molar refractivity (Wildman–Crippen MR) is 446 cm³/mol. The highest BCUT2D eigenvalue weighted by atomic mass is 127. The number of aromatic nitrogens is 2. The van der Waals surface area contributed by atoms with Gasteiger partial charge in [-0.3, -0.25) is 42.7 Å². The van der Waals surface area contributed by atoms with Crippen LogP contribution in [0.25, 0.3) is 32.6 Å². The van der Waals surface area contributed by atoms with Gasteiger partial charge >= 0.3 is 11.9 Å². The molecule has 0 saturated carbocycles. The number of carbonyl (C=O) groups excluding carboxylic acids is 7. The number of thiazole rings is 2. The first kappa shape index (κ1) is 96.0. The Kier molecular flexibility index (Phi) is 37.2. The molecular formula is C82H101I2N9O16S6. The monoisotopic (exact) mass is 1910 g/mol. The number of allylic oxidation sites excluding steroid dienone is 12. The molecule has 5 aliphatic rings. The highest BCUT2D eigenvalue weighted by Gasteiger charge is 2.50. The number of unbranched alkanes of at least 4 members (excludes halogenated alkanes) is 4. The molecule has 0 spiro atoms. The van der Waals surface area contributed by atoms with Crippen molar-refractivity contribution in [1.82, 2.24) is 26.3 Å². The van der Waals surface area contributed by atoms with Crippen molar-refractivity contribution in [2.24, 2.45) is 10.8 Å². The number of hydrogen-bond acceptors (Lipinski definition) is 19. The van der Waals surface area contributed by atoms with Crippen molar-refractivity contribution in [3.05, 3.63) is 188 Å². The van der Waals surface area contributed by atoms with Crippen LogP contribution < -0.4 is 88.2 Å². The van der Waals surface area contributed by atoms with Crippen molar-refractivity contribution in [2.45, 2.75) is 155 Å². The van der Waals surface area contributed by atoms with Gasteiger partial charge in [-0.05, 0) is 150 Å². The van der Waals surface area contributed by atoms with Gasteiger partial charge in [0, 0.05) is 99.0 Å². The molecule has 0 radical (unpaired) electrons. The van der Waals surface area contributed by atoms with Crippen molar-refractivity contribution in [2.75, 3.05) is 60.6 Å². The van der Waals surface area contributed by atoms with Gasteiger partial charge < -0.3 is 89.0 Å². The minimum Gasteiger partial charge on any atom is -1.00 e. The van der Waals surface area contributed by atoms with Crippen molar-refractivity contribution in [3.63, 3.8) is 0 Å². The molecule has 25 nitrogen and oxygen atoms in total. The number of para-hydroxylation sites is 4. The van der Waals surface area contributed by atoms with Crippen LogP contribution in [0, 0.1) is 10.8 Å². The van der Waals surface area contributed by atoms with Gasteiger partial charge in [-0.2, -0.15) is 26.0 Å². The van der Waals surface area contributed by atoms with Gasteiger partial charge in [0.1, 0.15) is 33.3 Å². The summed E-state index contributed by atoms with van der Waals surface area (Å²) in [6, 6.07) is 32.5. The van der Waals surface area contributed by atoms with Crippen molar-refractivity contribution < 1.29 is 131 Å². The number of rotatable bonds is 33. The highest BCUT2D eigenvalue weighted by Crippen LogP contribution is 2.48. The number of thioether (sulfide) groups is 2. The summed E-state index contributed by atoms with van der Waals surface area (Å²) in [7, 11) is -8.75. The first-order valence-electron chi connectivity index (χ1n) is 37.1. The lowest BCUT2D eigenvalue weighted by molar-refractivity contribution is -0.665. The lowest BCUT2D eigenvalue weighted by Gasteiger charge is -2.35. The van der Waals surface area contributed by atoms with Crippen LogP contribution >= 0.6 is 46.2 Å². The number of imide groups is 1. The summed E-state index contributed by atoms with van der Waals surface area (Å²) < 4.78 is 71.6. The molecule has 620 valence electrons. The molecule has 1 fully saturated rings. The summed E-state index contributed by atoms with van der Waals surface area (Å²) >= 11 is 6.56. The molecule has 33 heteroatoms. The molecular weight excluding hydrogens is 1810 g/mol. The standard InChI is InChI=1S/C42H47N5O9S3.C38H44N4O7S3.2CH4.2HI/c1-3-45-31-12-7-9-14-33(31)57-37(45)21-17-29-26-30(18-22-38-46(4-2)32-13-8-10-15-34(32)58-38)28-42(27-29,41(52)44-24-25-59(53,54)55)40(51)43-23-11-5-6-16-39(50)56-47-35(48)19-20-36(47)49;1-3-41-29-12-7-9-14-31(29)50-33(41)19-17-27-24-28(18-20-34-42(4-2)30-13-8-10-15-32(30)51-34)26-38(25-27,37(46)40-22-23-52(47,48)49)36(45)39-21-11-5-6-16-35(43)44;;;;/h7-10,12-15,17-18,21-22,26H,3-6,11,16,19-20,23-25,27-28H2,1-2H3,(H2-,43,44,51,52,53,54,55);7-10,12-15,17-20,24H,3-6,11,16,21-23,25-26H2,1-2H3,(H3-,39,40,43,44,45,46,47,48,49);2*1H4;2*1H. The van der Waals surface area contributed by atoms with E-state index in [-0.39, 0.29) is 134 Å². The maximum Gasteiger partial charge on any atom is 0.333 e. The third-order valence-corrected chi connectivity index (χ3v) is 25.2. The number of benzene rings is 4. The number of carbonyl (C=O) groups is 8. The topological polar surface area (TPSA) is 340 Å². The van der Waals surface area contributed by atoms with Gasteiger partial charge in [-0.25, -0.2) is 4.79 Å². The average molecular weight is 1910 g/mol. The number of carboxylic acid groups (broad SMARTS) is 1. The fourth-order valence-electron chi connectivity index (χ4n) is 13.8. The quantitative estimate of drug-likeness (QED) is 0.00545. The van der Waals surface area contributed by atoms with E-state index < -0.39 is 96.5 Å². The number of nitrogens with zero attached hydrogens (tertiary/aromatic N) is 5. The van der Waals surface area contributed by atoms with E-state index in [1.54, 1.807) is 46.2 Å². The summed E-state index contributed by atoms with van der Waals surface area (Å²) in [5.74, 6) is -6.46. The van der Waals surface area contributed by atoms with Crippen molar-refractivity contribution in [3.8, 4) is 0 Å². The molecule has 4 aromatic carbocycles. The van der Waals surface area contributed by atoms with E-state index in [4.69, 9.17) is 9.94 Å². The fourth-order valence-corrected chi connectivity index (χ4v) is 19.1. The Morgan fingerprint density at radius 1 is 0.504 bits per heavy atom. The molecule has 2 unspecified atom stereocenters. The van der Waals surface area contributed by atoms with Gasteiger partial charge in [-0.1, -0.05) is 159 Å². The van der Waals surface area contributed by atoms with Gasteiger partial charge in [0.15, 0.2) is 0 Å². The van der Waals surface area contributed by atoms with Gasteiger partial charge in [-0.15, -0.1) is 5.06 Å². The zero-order valence-corrected chi connectivity index (χ0v) is 72.3. The van der Waals surface area contributed by atoms with Crippen LogP contribution in [0.4, 0.5) is 11.4 Å². The molecule has 5 heterocycles. The summed E-state index contributed by atoms with van der Waals surface area (Å²) in [6.07, 6.45) is 22.8. The number of fused-ring (bicyclic) bond motifs is 4. The Morgan fingerprint density at radius 2 is 0.887 bits per heavy atom. The van der Waals surface area contributed by atoms with E-state index in [9.17, 15) is 64.3 Å². The number of nitrogens with one attached hydrogen (secondary N) is 4. The molecule has 1 saturated heterocycles. The average Bonchev–Trinajstić information content (AvgIpc) is 1.67. The second-order valence-electron chi connectivity index (χ2n) is 27.1. The van der Waals surface area contributed by atoms with Crippen LogP contribution in [-0.4, -0.2) is 134 Å². The zero-order valence-electron chi connectivity index (χ0n) is 63.1. The third-order valence-electron chi connectivity index (χ3n) is 19.3. The molecule has 11 rings (SSSR count). The van der Waals surface area contributed by atoms with Gasteiger partial charge in [0.05, 0.1) is 32.9 Å². The van der Waals surface area contributed by atoms with Crippen molar-refractivity contribution in [1.29, 1.82) is 0 Å². The number of aryl methyl sites for hydroxylation is 2. The number of anilines is 2. The first-order chi connectivity index (χ1) is 53.2. The summed E-state index contributed by atoms with van der Waals surface area (Å²) in [4.78, 5) is 115. The predicted octanol–water partition coefficient (Wildman–Crippen LogP) is 6.99. The van der Waals surface area contributed by atoms with Crippen LogP contribution in [0.3, 0.4) is 0 Å². The summed E-state index contributed by atoms with van der Waals surface area (Å²) in [6.45, 7) is 10.9. The largest absolute Gasteiger partial charge is 1.00 e. The van der Waals surface area contributed by atoms with Crippen LogP contribution in [0.5, 0.6) is 0 Å². The van der Waals surface area contributed by atoms with Crippen LogP contribution in [-0.2, 0) is 76.5 Å². The molecule has 0 bridgehead atoms. The van der Waals surface area contributed by atoms with Crippen LogP contribution in [0.2, 0.25) is 0 Å². The van der Waals surface area contributed by atoms with Gasteiger partial charge in [0.25, 0.3) is 42.1 Å². The second kappa shape index (κ2) is 44.6. The number of hydroxylamine groups is 2. The zero-order chi connectivity index (χ0) is 79.5. The Labute approximate surface area is 723 Å². The van der Waals surface area contributed by atoms with E-state index >= 15 is 0 Å². The SMILES string of the molecule is C.C.CCN1/C(=C/C=C2C=C(/C=C/c3sc4ccccc4[n+]3CC)CC(C(=O)NCCCCCC(=O)O)(C(=O)NCCS(=O)(=O)O)C/2)Sc2ccccc21.CCN1/C(=C/C=C2C=C(/C=C/c3sc4ccccc4[n+]3CC)CC(C(=O)NCCCCCC(=O)ON3C(=O)CCC3=O)(C(=O)NCCS(=O)(=O)O)C/2)Sc2ccccc21.[I-].[I-]. The lowest BCUT2D eigenvalue weighted by Crippen LogP contribution is -3.00. The van der Waals surface area contributed by atoms with E-state index in [1.165, 1.54) is 0 Å². The lowest BCUT2D eigenvalue weighted by atomic mass is 9.70. The van der Waals surface area contributed by atoms with Crippen LogP contribution in [0.15, 0.2) is 188 Å². The first-order valence-corrected chi connectivity index (χ1v) is 43.6. The number of halogens is 2. The van der Waals surface area contributed by atoms with E-state index in [2.05, 4.69) is 116 Å². The molecule has 115 heavy (non-hydrogen) atoms. The summed E-state index contributed by atoms with van der Waals surface area (Å²) in [5, 5.41) is 24.6. The van der Waals surface area contributed by atoms with E-state index in [1.807, 2.05) is 109 Å². The Morgan fingerprint density at radius 3 is 1.28 bits per heavy atom. The highest BCUT2D eigenvalue weighted by molar-refractivity contribution is 8.04. The minimum atomic E-state index is -4.39. The molecule has 3 aliphatic heterocycles.